The minimum Gasteiger partial charge on any atom is -0.340 e. The molecular formula is C16H24N2O3S2. The van der Waals surface area contributed by atoms with Crippen molar-refractivity contribution in [3.8, 4) is 0 Å². The molecule has 0 aliphatic carbocycles. The lowest BCUT2D eigenvalue weighted by Crippen LogP contribution is -2.50. The van der Waals surface area contributed by atoms with Crippen LogP contribution < -0.4 is 0 Å². The quantitative estimate of drug-likeness (QED) is 0.836. The van der Waals surface area contributed by atoms with Crippen molar-refractivity contribution in [1.82, 2.24) is 9.21 Å². The fourth-order valence-corrected chi connectivity index (χ4v) is 6.23. The first-order chi connectivity index (χ1) is 11.0. The van der Waals surface area contributed by atoms with Gasteiger partial charge in [0.1, 0.15) is 4.21 Å². The molecule has 0 spiro atoms. The smallest absolute Gasteiger partial charge is 0.252 e. The Morgan fingerprint density at radius 1 is 1.22 bits per heavy atom. The number of likely N-dealkylation sites (tertiary alicyclic amines) is 1. The zero-order chi connectivity index (χ0) is 16.4. The van der Waals surface area contributed by atoms with Crippen LogP contribution in [0.4, 0.5) is 0 Å². The SMILES string of the molecule is CC1CCCCN1C(=O)C1CCCN(S(=O)(=O)c2cccs2)C1. The summed E-state index contributed by atoms with van der Waals surface area (Å²) >= 11 is 1.24. The maximum Gasteiger partial charge on any atom is 0.252 e. The van der Waals surface area contributed by atoms with Crippen molar-refractivity contribution < 1.29 is 13.2 Å². The highest BCUT2D eigenvalue weighted by atomic mass is 32.2. The Morgan fingerprint density at radius 2 is 2.04 bits per heavy atom. The Balaban J connectivity index is 1.72. The second-order valence-corrected chi connectivity index (χ2v) is 9.62. The fraction of sp³-hybridized carbons (Fsp3) is 0.688. The van der Waals surface area contributed by atoms with Gasteiger partial charge >= 0.3 is 0 Å². The molecule has 2 aliphatic rings. The van der Waals surface area contributed by atoms with Crippen LogP contribution >= 0.6 is 11.3 Å². The summed E-state index contributed by atoms with van der Waals surface area (Å²) < 4.78 is 27.2. The average Bonchev–Trinajstić information content (AvgIpc) is 3.10. The van der Waals surface area contributed by atoms with Gasteiger partial charge in [-0.1, -0.05) is 6.07 Å². The van der Waals surface area contributed by atoms with Crippen molar-refractivity contribution >= 4 is 27.3 Å². The number of amides is 1. The summed E-state index contributed by atoms with van der Waals surface area (Å²) in [5, 5.41) is 1.77. The van der Waals surface area contributed by atoms with Crippen LogP contribution in [-0.2, 0) is 14.8 Å². The summed E-state index contributed by atoms with van der Waals surface area (Å²) in [6.07, 6.45) is 4.83. The van der Waals surface area contributed by atoms with E-state index in [1.54, 1.807) is 17.5 Å². The largest absolute Gasteiger partial charge is 0.340 e. The third-order valence-electron chi connectivity index (χ3n) is 4.91. The summed E-state index contributed by atoms with van der Waals surface area (Å²) in [7, 11) is -3.45. The first kappa shape index (κ1) is 16.9. The maximum atomic E-state index is 12.8. The van der Waals surface area contributed by atoms with E-state index < -0.39 is 10.0 Å². The minimum absolute atomic E-state index is 0.142. The van der Waals surface area contributed by atoms with Crippen molar-refractivity contribution in [2.45, 2.75) is 49.3 Å². The molecule has 5 nitrogen and oxygen atoms in total. The minimum atomic E-state index is -3.45. The molecule has 0 N–H and O–H groups in total. The lowest BCUT2D eigenvalue weighted by Gasteiger charge is -2.38. The van der Waals surface area contributed by atoms with E-state index in [9.17, 15) is 13.2 Å². The van der Waals surface area contributed by atoms with E-state index in [0.29, 0.717) is 17.3 Å². The standard InChI is InChI=1S/C16H24N2O3S2/c1-13-6-2-3-10-18(13)16(19)14-7-4-9-17(12-14)23(20,21)15-8-5-11-22-15/h5,8,11,13-14H,2-4,6-7,9-10,12H2,1H3. The van der Waals surface area contributed by atoms with Gasteiger partial charge in [-0.15, -0.1) is 11.3 Å². The van der Waals surface area contributed by atoms with E-state index in [1.807, 2.05) is 4.90 Å². The summed E-state index contributed by atoms with van der Waals surface area (Å²) in [5.74, 6) is -0.0534. The van der Waals surface area contributed by atoms with Gasteiger partial charge in [0.05, 0.1) is 5.92 Å². The molecule has 23 heavy (non-hydrogen) atoms. The molecule has 3 heterocycles. The predicted molar refractivity (Wildman–Crippen MR) is 90.8 cm³/mol. The highest BCUT2D eigenvalue weighted by Gasteiger charge is 2.36. The first-order valence-corrected chi connectivity index (χ1v) is 10.7. The number of carbonyl (C=O) groups excluding carboxylic acids is 1. The monoisotopic (exact) mass is 356 g/mol. The molecule has 3 rings (SSSR count). The zero-order valence-corrected chi connectivity index (χ0v) is 15.1. The van der Waals surface area contributed by atoms with E-state index >= 15 is 0 Å². The van der Waals surface area contributed by atoms with Gasteiger partial charge in [-0.2, -0.15) is 4.31 Å². The van der Waals surface area contributed by atoms with Gasteiger partial charge in [-0.05, 0) is 50.5 Å². The molecule has 2 fully saturated rings. The third kappa shape index (κ3) is 3.46. The molecule has 128 valence electrons. The van der Waals surface area contributed by atoms with Crippen LogP contribution in [0.25, 0.3) is 0 Å². The summed E-state index contributed by atoms with van der Waals surface area (Å²) in [5.41, 5.74) is 0. The second-order valence-electron chi connectivity index (χ2n) is 6.51. The Kier molecular flexibility index (Phi) is 5.08. The van der Waals surface area contributed by atoms with Crippen molar-refractivity contribution in [3.63, 3.8) is 0 Å². The highest BCUT2D eigenvalue weighted by Crippen LogP contribution is 2.28. The maximum absolute atomic E-state index is 12.8. The molecule has 7 heteroatoms. The molecule has 2 unspecified atom stereocenters. The lowest BCUT2D eigenvalue weighted by atomic mass is 9.95. The van der Waals surface area contributed by atoms with Gasteiger partial charge < -0.3 is 4.90 Å². The average molecular weight is 357 g/mol. The molecule has 0 aromatic carbocycles. The van der Waals surface area contributed by atoms with Crippen LogP contribution in [-0.4, -0.2) is 49.2 Å². The van der Waals surface area contributed by atoms with Crippen molar-refractivity contribution in [1.29, 1.82) is 0 Å². The van der Waals surface area contributed by atoms with E-state index in [0.717, 1.165) is 32.2 Å². The van der Waals surface area contributed by atoms with Crippen molar-refractivity contribution in [3.05, 3.63) is 17.5 Å². The Bertz CT molecular complexity index is 642. The second kappa shape index (κ2) is 6.91. The number of carbonyl (C=O) groups is 1. The Hall–Kier alpha value is -0.920. The molecule has 1 amide bonds. The van der Waals surface area contributed by atoms with Gasteiger partial charge in [0.2, 0.25) is 5.91 Å². The molecule has 1 aromatic heterocycles. The molecule has 0 saturated carbocycles. The number of rotatable bonds is 3. The van der Waals surface area contributed by atoms with Crippen LogP contribution in [0.5, 0.6) is 0 Å². The molecule has 1 aromatic rings. The van der Waals surface area contributed by atoms with Gasteiger partial charge in [-0.25, -0.2) is 8.42 Å². The molecule has 2 atom stereocenters. The van der Waals surface area contributed by atoms with Crippen molar-refractivity contribution in [2.75, 3.05) is 19.6 Å². The number of hydrogen-bond acceptors (Lipinski definition) is 4. The van der Waals surface area contributed by atoms with Crippen LogP contribution in [0.15, 0.2) is 21.7 Å². The number of nitrogens with zero attached hydrogens (tertiary/aromatic N) is 2. The van der Waals surface area contributed by atoms with E-state index in [1.165, 1.54) is 22.1 Å². The molecular weight excluding hydrogens is 332 g/mol. The van der Waals surface area contributed by atoms with Crippen LogP contribution in [0.1, 0.15) is 39.0 Å². The van der Waals surface area contributed by atoms with Gasteiger partial charge in [0.15, 0.2) is 0 Å². The van der Waals surface area contributed by atoms with Gasteiger partial charge in [0, 0.05) is 25.7 Å². The zero-order valence-electron chi connectivity index (χ0n) is 13.5. The number of hydrogen-bond donors (Lipinski definition) is 0. The predicted octanol–water partition coefficient (Wildman–Crippen LogP) is 2.55. The molecule has 2 aliphatic heterocycles. The Morgan fingerprint density at radius 3 is 2.74 bits per heavy atom. The summed E-state index contributed by atoms with van der Waals surface area (Å²) in [4.78, 5) is 14.8. The number of piperidine rings is 2. The van der Waals surface area contributed by atoms with E-state index in [4.69, 9.17) is 0 Å². The van der Waals surface area contributed by atoms with E-state index in [2.05, 4.69) is 6.92 Å². The molecule has 0 bridgehead atoms. The van der Waals surface area contributed by atoms with Crippen molar-refractivity contribution in [2.24, 2.45) is 5.92 Å². The highest BCUT2D eigenvalue weighted by molar-refractivity contribution is 7.91. The summed E-state index contributed by atoms with van der Waals surface area (Å²) in [6.45, 7) is 3.75. The van der Waals surface area contributed by atoms with Gasteiger partial charge in [0.25, 0.3) is 10.0 Å². The number of sulfonamides is 1. The van der Waals surface area contributed by atoms with E-state index in [-0.39, 0.29) is 17.9 Å². The van der Waals surface area contributed by atoms with Gasteiger partial charge in [-0.3, -0.25) is 4.79 Å². The van der Waals surface area contributed by atoms with Crippen LogP contribution in [0, 0.1) is 5.92 Å². The van der Waals surface area contributed by atoms with Crippen LogP contribution in [0.3, 0.4) is 0 Å². The molecule has 2 saturated heterocycles. The lowest BCUT2D eigenvalue weighted by molar-refractivity contribution is -0.140. The third-order valence-corrected chi connectivity index (χ3v) is 8.15. The summed E-state index contributed by atoms with van der Waals surface area (Å²) in [6, 6.07) is 3.66. The fourth-order valence-electron chi connectivity index (χ4n) is 3.56. The van der Waals surface area contributed by atoms with Crippen LogP contribution in [0.2, 0.25) is 0 Å². The Labute approximate surface area is 142 Å². The number of thiophene rings is 1. The normalized spacial score (nSPS) is 27.1. The topological polar surface area (TPSA) is 57.7 Å². The molecule has 0 radical (unpaired) electrons. The first-order valence-electron chi connectivity index (χ1n) is 8.34.